The first-order chi connectivity index (χ1) is 7.40. The van der Waals surface area contributed by atoms with E-state index in [4.69, 9.17) is 0 Å². The van der Waals surface area contributed by atoms with Gasteiger partial charge in [0.05, 0.1) is 5.69 Å². The number of nitrogens with one attached hydrogen (secondary N) is 1. The van der Waals surface area contributed by atoms with Crippen molar-refractivity contribution in [1.29, 1.82) is 0 Å². The van der Waals surface area contributed by atoms with Gasteiger partial charge in [0.2, 0.25) is 0 Å². The van der Waals surface area contributed by atoms with E-state index in [2.05, 4.69) is 27.6 Å². The van der Waals surface area contributed by atoms with Crippen LogP contribution in [0, 0.1) is 0 Å². The number of nitrogens with zero attached hydrogens (tertiary/aromatic N) is 2. The van der Waals surface area contributed by atoms with Crippen LogP contribution >= 0.6 is 11.3 Å². The molecule has 4 heteroatoms. The zero-order valence-electron chi connectivity index (χ0n) is 8.60. The Morgan fingerprint density at radius 2 is 2.40 bits per heavy atom. The van der Waals surface area contributed by atoms with Crippen LogP contribution in [0.1, 0.15) is 12.6 Å². The standard InChI is InChI=1S/C11H13N3S/c1-2-12-7-10-8-15-11(14-10)9-4-3-5-13-6-9/h3-6,8,12H,2,7H2,1H3. The van der Waals surface area contributed by atoms with Crippen LogP contribution in [-0.4, -0.2) is 16.5 Å². The highest BCUT2D eigenvalue weighted by Crippen LogP contribution is 2.22. The number of aromatic nitrogens is 2. The van der Waals surface area contributed by atoms with Gasteiger partial charge in [-0.15, -0.1) is 11.3 Å². The lowest BCUT2D eigenvalue weighted by Crippen LogP contribution is -2.11. The second-order valence-electron chi connectivity index (χ2n) is 3.17. The van der Waals surface area contributed by atoms with Crippen molar-refractivity contribution in [2.24, 2.45) is 0 Å². The summed E-state index contributed by atoms with van der Waals surface area (Å²) in [5.41, 5.74) is 2.19. The molecule has 0 aliphatic heterocycles. The second-order valence-corrected chi connectivity index (χ2v) is 4.02. The van der Waals surface area contributed by atoms with Crippen molar-refractivity contribution >= 4 is 11.3 Å². The summed E-state index contributed by atoms with van der Waals surface area (Å²) in [6.45, 7) is 3.90. The van der Waals surface area contributed by atoms with Crippen molar-refractivity contribution in [3.63, 3.8) is 0 Å². The molecule has 3 nitrogen and oxygen atoms in total. The van der Waals surface area contributed by atoms with E-state index in [1.807, 2.05) is 18.3 Å². The number of hydrogen-bond acceptors (Lipinski definition) is 4. The first kappa shape index (κ1) is 10.3. The molecule has 0 spiro atoms. The summed E-state index contributed by atoms with van der Waals surface area (Å²) >= 11 is 1.66. The molecule has 0 aliphatic rings. The molecule has 0 saturated heterocycles. The Kier molecular flexibility index (Phi) is 3.42. The molecule has 15 heavy (non-hydrogen) atoms. The molecule has 0 aliphatic carbocycles. The Balaban J connectivity index is 2.14. The summed E-state index contributed by atoms with van der Waals surface area (Å²) < 4.78 is 0. The third kappa shape index (κ3) is 2.61. The van der Waals surface area contributed by atoms with Gasteiger partial charge in [0.15, 0.2) is 0 Å². The average molecular weight is 219 g/mol. The van der Waals surface area contributed by atoms with Gasteiger partial charge in [0.1, 0.15) is 5.01 Å². The molecule has 0 unspecified atom stereocenters. The van der Waals surface area contributed by atoms with Crippen LogP contribution in [0.4, 0.5) is 0 Å². The lowest BCUT2D eigenvalue weighted by Gasteiger charge is -1.96. The van der Waals surface area contributed by atoms with Gasteiger partial charge in [0, 0.05) is 29.9 Å². The molecule has 0 saturated carbocycles. The smallest absolute Gasteiger partial charge is 0.125 e. The van der Waals surface area contributed by atoms with Crippen molar-refractivity contribution in [1.82, 2.24) is 15.3 Å². The predicted octanol–water partition coefficient (Wildman–Crippen LogP) is 2.31. The summed E-state index contributed by atoms with van der Waals surface area (Å²) in [6.07, 6.45) is 3.62. The Bertz CT molecular complexity index is 411. The molecule has 2 rings (SSSR count). The molecule has 0 aromatic carbocycles. The van der Waals surface area contributed by atoms with E-state index in [1.165, 1.54) is 0 Å². The minimum Gasteiger partial charge on any atom is -0.311 e. The second kappa shape index (κ2) is 5.00. The number of pyridine rings is 1. The molecule has 0 radical (unpaired) electrons. The maximum atomic E-state index is 4.53. The third-order valence-corrected chi connectivity index (χ3v) is 2.96. The van der Waals surface area contributed by atoms with E-state index in [0.717, 1.165) is 29.4 Å². The van der Waals surface area contributed by atoms with Crippen LogP contribution < -0.4 is 5.32 Å². The minimum absolute atomic E-state index is 0.841. The monoisotopic (exact) mass is 219 g/mol. The first-order valence-corrected chi connectivity index (χ1v) is 5.83. The highest BCUT2D eigenvalue weighted by molar-refractivity contribution is 7.13. The van der Waals surface area contributed by atoms with E-state index in [1.54, 1.807) is 17.5 Å². The molecule has 1 N–H and O–H groups in total. The van der Waals surface area contributed by atoms with Crippen molar-refractivity contribution in [2.45, 2.75) is 13.5 Å². The summed E-state index contributed by atoms with van der Waals surface area (Å²) in [7, 11) is 0. The molecule has 0 atom stereocenters. The zero-order valence-corrected chi connectivity index (χ0v) is 9.42. The highest BCUT2D eigenvalue weighted by atomic mass is 32.1. The van der Waals surface area contributed by atoms with E-state index in [0.29, 0.717) is 0 Å². The molecule has 2 aromatic rings. The van der Waals surface area contributed by atoms with Crippen LogP contribution in [0.25, 0.3) is 10.6 Å². The van der Waals surface area contributed by atoms with E-state index in [-0.39, 0.29) is 0 Å². The number of thiazole rings is 1. The Hall–Kier alpha value is -1.26. The fraction of sp³-hybridized carbons (Fsp3) is 0.273. The molecular weight excluding hydrogens is 206 g/mol. The average Bonchev–Trinajstić information content (AvgIpc) is 2.76. The van der Waals surface area contributed by atoms with Gasteiger partial charge < -0.3 is 5.32 Å². The van der Waals surface area contributed by atoms with Gasteiger partial charge in [-0.25, -0.2) is 4.98 Å². The van der Waals surface area contributed by atoms with Gasteiger partial charge in [-0.1, -0.05) is 6.92 Å². The molecule has 78 valence electrons. The van der Waals surface area contributed by atoms with Crippen LogP contribution in [0.3, 0.4) is 0 Å². The van der Waals surface area contributed by atoms with Crippen molar-refractivity contribution < 1.29 is 0 Å². The van der Waals surface area contributed by atoms with Gasteiger partial charge in [-0.05, 0) is 18.7 Å². The van der Waals surface area contributed by atoms with E-state index < -0.39 is 0 Å². The summed E-state index contributed by atoms with van der Waals surface area (Å²) in [4.78, 5) is 8.62. The molecule has 0 fully saturated rings. The van der Waals surface area contributed by atoms with Crippen LogP contribution in [0.2, 0.25) is 0 Å². The third-order valence-electron chi connectivity index (χ3n) is 2.02. The van der Waals surface area contributed by atoms with Crippen LogP contribution in [0.5, 0.6) is 0 Å². The Morgan fingerprint density at radius 3 is 3.13 bits per heavy atom. The number of rotatable bonds is 4. The van der Waals surface area contributed by atoms with E-state index >= 15 is 0 Å². The largest absolute Gasteiger partial charge is 0.311 e. The molecule has 0 amide bonds. The lowest BCUT2D eigenvalue weighted by atomic mass is 10.3. The molecule has 2 heterocycles. The SMILES string of the molecule is CCNCc1csc(-c2cccnc2)n1. The van der Waals surface area contributed by atoms with Gasteiger partial charge in [-0.2, -0.15) is 0 Å². The predicted molar refractivity (Wildman–Crippen MR) is 62.7 cm³/mol. The van der Waals surface area contributed by atoms with Gasteiger partial charge >= 0.3 is 0 Å². The number of hydrogen-bond donors (Lipinski definition) is 1. The maximum absolute atomic E-state index is 4.53. The fourth-order valence-corrected chi connectivity index (χ4v) is 2.07. The maximum Gasteiger partial charge on any atom is 0.125 e. The first-order valence-electron chi connectivity index (χ1n) is 4.95. The topological polar surface area (TPSA) is 37.8 Å². The Morgan fingerprint density at radius 1 is 1.47 bits per heavy atom. The molecule has 2 aromatic heterocycles. The van der Waals surface area contributed by atoms with Crippen molar-refractivity contribution in [3.05, 3.63) is 35.6 Å². The zero-order chi connectivity index (χ0) is 10.5. The quantitative estimate of drug-likeness (QED) is 0.857. The lowest BCUT2D eigenvalue weighted by molar-refractivity contribution is 0.715. The van der Waals surface area contributed by atoms with Crippen LogP contribution in [-0.2, 0) is 6.54 Å². The van der Waals surface area contributed by atoms with Gasteiger partial charge in [-0.3, -0.25) is 4.98 Å². The van der Waals surface area contributed by atoms with Crippen molar-refractivity contribution in [3.8, 4) is 10.6 Å². The normalized spacial score (nSPS) is 10.5. The van der Waals surface area contributed by atoms with Crippen LogP contribution in [0.15, 0.2) is 29.9 Å². The Labute approximate surface area is 93.2 Å². The fourth-order valence-electron chi connectivity index (χ4n) is 1.26. The minimum atomic E-state index is 0.841. The van der Waals surface area contributed by atoms with Crippen molar-refractivity contribution in [2.75, 3.05) is 6.54 Å². The highest BCUT2D eigenvalue weighted by Gasteiger charge is 2.03. The molecular formula is C11H13N3S. The summed E-state index contributed by atoms with van der Waals surface area (Å²) in [6, 6.07) is 3.96. The summed E-state index contributed by atoms with van der Waals surface area (Å²) in [5.74, 6) is 0. The van der Waals surface area contributed by atoms with Gasteiger partial charge in [0.25, 0.3) is 0 Å². The molecule has 0 bridgehead atoms. The van der Waals surface area contributed by atoms with E-state index in [9.17, 15) is 0 Å². The summed E-state index contributed by atoms with van der Waals surface area (Å²) in [5, 5.41) is 6.38.